The van der Waals surface area contributed by atoms with Crippen molar-refractivity contribution in [2.45, 2.75) is 44.6 Å². The molecular formula is C13H18ClNO. The Bertz CT molecular complexity index is 368. The predicted octanol–water partition coefficient (Wildman–Crippen LogP) is 3.70. The van der Waals surface area contributed by atoms with Crippen molar-refractivity contribution in [3.8, 4) is 0 Å². The van der Waals surface area contributed by atoms with Crippen LogP contribution >= 0.6 is 11.6 Å². The van der Waals surface area contributed by atoms with Crippen LogP contribution in [0.5, 0.6) is 0 Å². The lowest BCUT2D eigenvalue weighted by molar-refractivity contribution is 0.259. The van der Waals surface area contributed by atoms with E-state index in [1.807, 2.05) is 6.07 Å². The molecule has 0 amide bonds. The topological polar surface area (TPSA) is 25.2 Å². The van der Waals surface area contributed by atoms with Gasteiger partial charge in [0.05, 0.1) is 0 Å². The van der Waals surface area contributed by atoms with E-state index in [2.05, 4.69) is 5.32 Å². The Kier molecular flexibility index (Phi) is 2.95. The second kappa shape index (κ2) is 4.42. The minimum Gasteiger partial charge on any atom is -0.449 e. The quantitative estimate of drug-likeness (QED) is 0.809. The number of halogens is 1. The van der Waals surface area contributed by atoms with Gasteiger partial charge in [0.2, 0.25) is 0 Å². The predicted molar refractivity (Wildman–Crippen MR) is 64.7 cm³/mol. The molecule has 2 nitrogen and oxygen atoms in total. The van der Waals surface area contributed by atoms with Gasteiger partial charge in [0.15, 0.2) is 5.22 Å². The Hall–Kier alpha value is -0.470. The smallest absolute Gasteiger partial charge is 0.193 e. The van der Waals surface area contributed by atoms with E-state index in [-0.39, 0.29) is 0 Å². The van der Waals surface area contributed by atoms with Crippen LogP contribution in [0.15, 0.2) is 10.5 Å². The van der Waals surface area contributed by atoms with Crippen molar-refractivity contribution in [1.82, 2.24) is 5.32 Å². The standard InChI is InChI=1S/C13H18ClNO/c14-12-8-10-11(16-12)6-7-15-13(10)9-4-2-1-3-5-9/h8-9,13,15H,1-7H2. The highest BCUT2D eigenvalue weighted by atomic mass is 35.5. The summed E-state index contributed by atoms with van der Waals surface area (Å²) in [6.45, 7) is 1.03. The summed E-state index contributed by atoms with van der Waals surface area (Å²) in [6.07, 6.45) is 7.83. The molecule has 3 rings (SSSR count). The number of nitrogens with one attached hydrogen (secondary N) is 1. The number of furan rings is 1. The third-order valence-electron chi connectivity index (χ3n) is 3.98. The molecule has 0 aromatic carbocycles. The number of rotatable bonds is 1. The molecule has 1 aliphatic heterocycles. The minimum atomic E-state index is 0.486. The Balaban J connectivity index is 1.85. The summed E-state index contributed by atoms with van der Waals surface area (Å²) >= 11 is 5.96. The van der Waals surface area contributed by atoms with Crippen LogP contribution in [0.2, 0.25) is 5.22 Å². The van der Waals surface area contributed by atoms with E-state index in [4.69, 9.17) is 16.0 Å². The van der Waals surface area contributed by atoms with E-state index in [1.54, 1.807) is 0 Å². The summed E-state index contributed by atoms with van der Waals surface area (Å²) in [5, 5.41) is 4.19. The summed E-state index contributed by atoms with van der Waals surface area (Å²) in [7, 11) is 0. The van der Waals surface area contributed by atoms with Crippen LogP contribution in [0.25, 0.3) is 0 Å². The molecule has 0 saturated heterocycles. The number of hydrogen-bond acceptors (Lipinski definition) is 2. The van der Waals surface area contributed by atoms with Gasteiger partial charge in [-0.05, 0) is 30.4 Å². The van der Waals surface area contributed by atoms with Crippen molar-refractivity contribution in [3.63, 3.8) is 0 Å². The van der Waals surface area contributed by atoms with E-state index < -0.39 is 0 Å². The van der Waals surface area contributed by atoms with E-state index in [1.165, 1.54) is 37.7 Å². The van der Waals surface area contributed by atoms with Crippen LogP contribution in [0.4, 0.5) is 0 Å². The monoisotopic (exact) mass is 239 g/mol. The van der Waals surface area contributed by atoms with Crippen molar-refractivity contribution in [3.05, 3.63) is 22.6 Å². The van der Waals surface area contributed by atoms with Crippen LogP contribution in [-0.4, -0.2) is 6.54 Å². The number of fused-ring (bicyclic) bond motifs is 1. The average molecular weight is 240 g/mol. The van der Waals surface area contributed by atoms with Gasteiger partial charge in [-0.3, -0.25) is 0 Å². The fourth-order valence-electron chi connectivity index (χ4n) is 3.21. The zero-order chi connectivity index (χ0) is 11.0. The van der Waals surface area contributed by atoms with Gasteiger partial charge >= 0.3 is 0 Å². The van der Waals surface area contributed by atoms with E-state index in [0.29, 0.717) is 11.3 Å². The van der Waals surface area contributed by atoms with Crippen molar-refractivity contribution in [2.75, 3.05) is 6.54 Å². The molecule has 1 N–H and O–H groups in total. The van der Waals surface area contributed by atoms with Gasteiger partial charge < -0.3 is 9.73 Å². The molecule has 1 unspecified atom stereocenters. The fourth-order valence-corrected chi connectivity index (χ4v) is 3.42. The van der Waals surface area contributed by atoms with Crippen molar-refractivity contribution >= 4 is 11.6 Å². The molecule has 88 valence electrons. The molecule has 1 aliphatic carbocycles. The molecule has 1 fully saturated rings. The summed E-state index contributed by atoms with van der Waals surface area (Å²) in [4.78, 5) is 0. The van der Waals surface area contributed by atoms with Crippen LogP contribution in [0.1, 0.15) is 49.5 Å². The first-order valence-corrected chi connectivity index (χ1v) is 6.74. The molecule has 0 radical (unpaired) electrons. The lowest BCUT2D eigenvalue weighted by atomic mass is 9.80. The molecule has 1 aromatic heterocycles. The van der Waals surface area contributed by atoms with Gasteiger partial charge in [0, 0.05) is 30.6 Å². The Morgan fingerprint density at radius 3 is 2.88 bits per heavy atom. The number of hydrogen-bond donors (Lipinski definition) is 1. The molecular weight excluding hydrogens is 222 g/mol. The molecule has 0 bridgehead atoms. The highest BCUT2D eigenvalue weighted by Crippen LogP contribution is 2.39. The van der Waals surface area contributed by atoms with E-state index in [9.17, 15) is 0 Å². The third kappa shape index (κ3) is 1.89. The first-order valence-electron chi connectivity index (χ1n) is 6.36. The lowest BCUT2D eigenvalue weighted by Gasteiger charge is -2.33. The molecule has 3 heteroatoms. The highest BCUT2D eigenvalue weighted by molar-refractivity contribution is 6.28. The Morgan fingerprint density at radius 2 is 2.06 bits per heavy atom. The molecule has 16 heavy (non-hydrogen) atoms. The van der Waals surface area contributed by atoms with Gasteiger partial charge in [0.25, 0.3) is 0 Å². The third-order valence-corrected chi connectivity index (χ3v) is 4.17. The fraction of sp³-hybridized carbons (Fsp3) is 0.692. The Morgan fingerprint density at radius 1 is 1.25 bits per heavy atom. The van der Waals surface area contributed by atoms with Crippen molar-refractivity contribution < 1.29 is 4.42 Å². The van der Waals surface area contributed by atoms with Gasteiger partial charge in [-0.15, -0.1) is 0 Å². The zero-order valence-corrected chi connectivity index (χ0v) is 10.2. The summed E-state index contributed by atoms with van der Waals surface area (Å²) in [5.74, 6) is 1.89. The van der Waals surface area contributed by atoms with Crippen LogP contribution in [-0.2, 0) is 6.42 Å². The summed E-state index contributed by atoms with van der Waals surface area (Å²) in [5.41, 5.74) is 1.32. The van der Waals surface area contributed by atoms with Crippen LogP contribution < -0.4 is 5.32 Å². The van der Waals surface area contributed by atoms with Gasteiger partial charge in [-0.25, -0.2) is 0 Å². The van der Waals surface area contributed by atoms with Crippen molar-refractivity contribution in [1.29, 1.82) is 0 Å². The van der Waals surface area contributed by atoms with Crippen molar-refractivity contribution in [2.24, 2.45) is 5.92 Å². The largest absolute Gasteiger partial charge is 0.449 e. The average Bonchev–Trinajstić information content (AvgIpc) is 2.70. The maximum Gasteiger partial charge on any atom is 0.193 e. The second-order valence-corrected chi connectivity index (χ2v) is 5.38. The molecule has 1 atom stereocenters. The molecule has 2 heterocycles. The summed E-state index contributed by atoms with van der Waals surface area (Å²) in [6, 6.07) is 2.50. The maximum absolute atomic E-state index is 5.96. The highest BCUT2D eigenvalue weighted by Gasteiger charge is 2.30. The zero-order valence-electron chi connectivity index (χ0n) is 9.47. The molecule has 1 saturated carbocycles. The SMILES string of the molecule is Clc1cc2c(o1)CCNC2C1CCCCC1. The van der Waals surface area contributed by atoms with Gasteiger partial charge in [-0.1, -0.05) is 19.3 Å². The van der Waals surface area contributed by atoms with Crippen LogP contribution in [0, 0.1) is 5.92 Å². The molecule has 1 aromatic rings. The molecule has 0 spiro atoms. The minimum absolute atomic E-state index is 0.486. The van der Waals surface area contributed by atoms with Gasteiger partial charge in [-0.2, -0.15) is 0 Å². The first kappa shape index (κ1) is 10.7. The lowest BCUT2D eigenvalue weighted by Crippen LogP contribution is -2.34. The van der Waals surface area contributed by atoms with Crippen LogP contribution in [0.3, 0.4) is 0 Å². The first-order chi connectivity index (χ1) is 7.84. The second-order valence-electron chi connectivity index (χ2n) is 5.01. The molecule has 2 aliphatic rings. The van der Waals surface area contributed by atoms with Gasteiger partial charge in [0.1, 0.15) is 5.76 Å². The van der Waals surface area contributed by atoms with E-state index >= 15 is 0 Å². The van der Waals surface area contributed by atoms with E-state index in [0.717, 1.165) is 24.6 Å². The maximum atomic E-state index is 5.96. The summed E-state index contributed by atoms with van der Waals surface area (Å²) < 4.78 is 5.55. The normalized spacial score (nSPS) is 26.7. The Labute approximate surface area is 101 Å².